The van der Waals surface area contributed by atoms with E-state index in [0.717, 1.165) is 18.7 Å². The van der Waals surface area contributed by atoms with Gasteiger partial charge < -0.3 is 10.2 Å². The number of rotatable bonds is 7. The molecular formula is C19H24N2O. The lowest BCUT2D eigenvalue weighted by atomic mass is 10.1. The van der Waals surface area contributed by atoms with Crippen molar-refractivity contribution in [3.05, 3.63) is 71.3 Å². The SMILES string of the molecule is CCN(Cc1ccccc1)C(=O)CNCc1ccccc1C. The molecule has 2 aromatic rings. The Labute approximate surface area is 133 Å². The molecule has 0 bridgehead atoms. The van der Waals surface area contributed by atoms with Crippen LogP contribution in [0.15, 0.2) is 54.6 Å². The van der Waals surface area contributed by atoms with Gasteiger partial charge >= 0.3 is 0 Å². The molecule has 0 aromatic heterocycles. The van der Waals surface area contributed by atoms with E-state index in [1.165, 1.54) is 11.1 Å². The molecule has 116 valence electrons. The van der Waals surface area contributed by atoms with Crippen molar-refractivity contribution in [1.29, 1.82) is 0 Å². The molecule has 22 heavy (non-hydrogen) atoms. The molecule has 0 saturated heterocycles. The second-order valence-corrected chi connectivity index (χ2v) is 5.42. The van der Waals surface area contributed by atoms with Crippen LogP contribution in [0.3, 0.4) is 0 Å². The highest BCUT2D eigenvalue weighted by Gasteiger charge is 2.11. The van der Waals surface area contributed by atoms with Crippen molar-refractivity contribution in [2.75, 3.05) is 13.1 Å². The van der Waals surface area contributed by atoms with E-state index in [-0.39, 0.29) is 5.91 Å². The monoisotopic (exact) mass is 296 g/mol. The minimum atomic E-state index is 0.139. The van der Waals surface area contributed by atoms with E-state index in [0.29, 0.717) is 13.1 Å². The number of nitrogens with zero attached hydrogens (tertiary/aromatic N) is 1. The van der Waals surface area contributed by atoms with Gasteiger partial charge in [-0.3, -0.25) is 4.79 Å². The molecular weight excluding hydrogens is 272 g/mol. The Bertz CT molecular complexity index is 595. The van der Waals surface area contributed by atoms with Crippen LogP contribution >= 0.6 is 0 Å². The molecule has 0 atom stereocenters. The van der Waals surface area contributed by atoms with Crippen molar-refractivity contribution in [3.63, 3.8) is 0 Å². The lowest BCUT2D eigenvalue weighted by molar-refractivity contribution is -0.130. The van der Waals surface area contributed by atoms with E-state index in [4.69, 9.17) is 0 Å². The molecule has 2 rings (SSSR count). The summed E-state index contributed by atoms with van der Waals surface area (Å²) in [4.78, 5) is 14.2. The standard InChI is InChI=1S/C19H24N2O/c1-3-21(15-17-10-5-4-6-11-17)19(22)14-20-13-18-12-8-7-9-16(18)2/h4-12,20H,3,13-15H2,1-2H3. The highest BCUT2D eigenvalue weighted by atomic mass is 16.2. The zero-order valence-corrected chi connectivity index (χ0v) is 13.4. The molecule has 0 aliphatic heterocycles. The van der Waals surface area contributed by atoms with Crippen LogP contribution in [0, 0.1) is 6.92 Å². The van der Waals surface area contributed by atoms with Crippen molar-refractivity contribution in [2.24, 2.45) is 0 Å². The topological polar surface area (TPSA) is 32.3 Å². The molecule has 0 aliphatic carbocycles. The van der Waals surface area contributed by atoms with Crippen LogP contribution in [0.25, 0.3) is 0 Å². The van der Waals surface area contributed by atoms with Gasteiger partial charge in [0.2, 0.25) is 5.91 Å². The summed E-state index contributed by atoms with van der Waals surface area (Å²) in [6.45, 7) is 6.59. The quantitative estimate of drug-likeness (QED) is 0.851. The number of nitrogens with one attached hydrogen (secondary N) is 1. The average Bonchev–Trinajstić information content (AvgIpc) is 2.55. The van der Waals surface area contributed by atoms with E-state index < -0.39 is 0 Å². The predicted molar refractivity (Wildman–Crippen MR) is 90.4 cm³/mol. The van der Waals surface area contributed by atoms with E-state index >= 15 is 0 Å². The number of hydrogen-bond acceptors (Lipinski definition) is 2. The maximum atomic E-state index is 12.3. The second-order valence-electron chi connectivity index (χ2n) is 5.42. The van der Waals surface area contributed by atoms with Gasteiger partial charge in [0.15, 0.2) is 0 Å². The van der Waals surface area contributed by atoms with Gasteiger partial charge in [-0.1, -0.05) is 54.6 Å². The molecule has 0 heterocycles. The molecule has 0 fully saturated rings. The largest absolute Gasteiger partial charge is 0.338 e. The van der Waals surface area contributed by atoms with Gasteiger partial charge in [0, 0.05) is 19.6 Å². The maximum Gasteiger partial charge on any atom is 0.236 e. The van der Waals surface area contributed by atoms with Gasteiger partial charge in [0.1, 0.15) is 0 Å². The van der Waals surface area contributed by atoms with Crippen molar-refractivity contribution in [3.8, 4) is 0 Å². The Morgan fingerprint density at radius 3 is 2.41 bits per heavy atom. The lowest BCUT2D eigenvalue weighted by Gasteiger charge is -2.21. The number of likely N-dealkylation sites (N-methyl/N-ethyl adjacent to an activating group) is 1. The number of aryl methyl sites for hydroxylation is 1. The lowest BCUT2D eigenvalue weighted by Crippen LogP contribution is -2.37. The average molecular weight is 296 g/mol. The molecule has 0 saturated carbocycles. The highest BCUT2D eigenvalue weighted by molar-refractivity contribution is 5.78. The highest BCUT2D eigenvalue weighted by Crippen LogP contribution is 2.07. The van der Waals surface area contributed by atoms with Crippen molar-refractivity contribution in [2.45, 2.75) is 26.9 Å². The van der Waals surface area contributed by atoms with E-state index in [1.54, 1.807) is 0 Å². The number of amides is 1. The number of carbonyl (C=O) groups excluding carboxylic acids is 1. The van der Waals surface area contributed by atoms with Crippen LogP contribution in [0.4, 0.5) is 0 Å². The fourth-order valence-corrected chi connectivity index (χ4v) is 2.40. The van der Waals surface area contributed by atoms with Gasteiger partial charge in [-0.25, -0.2) is 0 Å². The molecule has 2 aromatic carbocycles. The molecule has 1 N–H and O–H groups in total. The van der Waals surface area contributed by atoms with Crippen molar-refractivity contribution in [1.82, 2.24) is 10.2 Å². The third kappa shape index (κ3) is 4.71. The smallest absolute Gasteiger partial charge is 0.236 e. The minimum Gasteiger partial charge on any atom is -0.338 e. The van der Waals surface area contributed by atoms with Crippen molar-refractivity contribution >= 4 is 5.91 Å². The molecule has 0 radical (unpaired) electrons. The third-order valence-corrected chi connectivity index (χ3v) is 3.80. The number of benzene rings is 2. The van der Waals surface area contributed by atoms with E-state index in [2.05, 4.69) is 36.5 Å². The number of carbonyl (C=O) groups is 1. The summed E-state index contributed by atoms with van der Waals surface area (Å²) < 4.78 is 0. The van der Waals surface area contributed by atoms with Crippen molar-refractivity contribution < 1.29 is 4.79 Å². The van der Waals surface area contributed by atoms with Crippen LogP contribution in [-0.4, -0.2) is 23.9 Å². The Morgan fingerprint density at radius 2 is 1.73 bits per heavy atom. The Kier molecular flexibility index (Phi) is 6.16. The molecule has 1 amide bonds. The van der Waals surface area contributed by atoms with Crippen LogP contribution in [0.2, 0.25) is 0 Å². The first-order valence-electron chi connectivity index (χ1n) is 7.77. The molecule has 0 unspecified atom stereocenters. The molecule has 3 heteroatoms. The Morgan fingerprint density at radius 1 is 1.05 bits per heavy atom. The molecule has 0 aliphatic rings. The zero-order valence-electron chi connectivity index (χ0n) is 13.4. The van der Waals surface area contributed by atoms with Gasteiger partial charge in [0.25, 0.3) is 0 Å². The van der Waals surface area contributed by atoms with Gasteiger partial charge in [-0.05, 0) is 30.5 Å². The first kappa shape index (κ1) is 16.2. The zero-order chi connectivity index (χ0) is 15.8. The normalized spacial score (nSPS) is 10.5. The fraction of sp³-hybridized carbons (Fsp3) is 0.316. The summed E-state index contributed by atoms with van der Waals surface area (Å²) in [6, 6.07) is 18.3. The van der Waals surface area contributed by atoms with Crippen LogP contribution in [-0.2, 0) is 17.9 Å². The predicted octanol–water partition coefficient (Wildman–Crippen LogP) is 3.13. The molecule has 0 spiro atoms. The molecule has 3 nitrogen and oxygen atoms in total. The van der Waals surface area contributed by atoms with E-state index in [9.17, 15) is 4.79 Å². The Hall–Kier alpha value is -2.13. The minimum absolute atomic E-state index is 0.139. The summed E-state index contributed by atoms with van der Waals surface area (Å²) in [6.07, 6.45) is 0. The Balaban J connectivity index is 1.83. The summed E-state index contributed by atoms with van der Waals surface area (Å²) >= 11 is 0. The summed E-state index contributed by atoms with van der Waals surface area (Å²) in [5.74, 6) is 0.139. The first-order chi connectivity index (χ1) is 10.7. The van der Waals surface area contributed by atoms with Crippen LogP contribution < -0.4 is 5.32 Å². The van der Waals surface area contributed by atoms with Gasteiger partial charge in [0.05, 0.1) is 6.54 Å². The van der Waals surface area contributed by atoms with Crippen LogP contribution in [0.5, 0.6) is 0 Å². The van der Waals surface area contributed by atoms with Gasteiger partial charge in [-0.15, -0.1) is 0 Å². The first-order valence-corrected chi connectivity index (χ1v) is 7.77. The number of hydrogen-bond donors (Lipinski definition) is 1. The summed E-state index contributed by atoms with van der Waals surface area (Å²) in [5, 5.41) is 3.25. The summed E-state index contributed by atoms with van der Waals surface area (Å²) in [7, 11) is 0. The fourth-order valence-electron chi connectivity index (χ4n) is 2.40. The van der Waals surface area contributed by atoms with E-state index in [1.807, 2.05) is 42.2 Å². The maximum absolute atomic E-state index is 12.3. The van der Waals surface area contributed by atoms with Gasteiger partial charge in [-0.2, -0.15) is 0 Å². The second kappa shape index (κ2) is 8.35. The third-order valence-electron chi connectivity index (χ3n) is 3.80. The summed E-state index contributed by atoms with van der Waals surface area (Å²) in [5.41, 5.74) is 3.65. The van der Waals surface area contributed by atoms with Crippen LogP contribution in [0.1, 0.15) is 23.6 Å².